The minimum Gasteiger partial charge on any atom is -0.497 e. The number of halogens is 1. The molecule has 3 aromatic rings. The Bertz CT molecular complexity index is 1420. The minimum atomic E-state index is -0.672. The molecular formula is C27H22ClN3O6. The van der Waals surface area contributed by atoms with E-state index in [0.717, 1.165) is 4.90 Å². The van der Waals surface area contributed by atoms with Crippen LogP contribution < -0.4 is 20.3 Å². The first kappa shape index (κ1) is 25.5. The first-order valence-electron chi connectivity index (χ1n) is 11.2. The van der Waals surface area contributed by atoms with E-state index in [4.69, 9.17) is 21.1 Å². The van der Waals surface area contributed by atoms with Gasteiger partial charge in [0, 0.05) is 16.9 Å². The second-order valence-electron chi connectivity index (χ2n) is 7.79. The number of benzene rings is 3. The van der Waals surface area contributed by atoms with Crippen LogP contribution >= 0.6 is 11.6 Å². The molecule has 0 radical (unpaired) electrons. The summed E-state index contributed by atoms with van der Waals surface area (Å²) in [6, 6.07) is 19.1. The van der Waals surface area contributed by atoms with Crippen molar-refractivity contribution in [3.63, 3.8) is 0 Å². The third-order valence-electron chi connectivity index (χ3n) is 5.38. The lowest BCUT2D eigenvalue weighted by molar-refractivity contribution is -0.120. The lowest BCUT2D eigenvalue weighted by Gasteiger charge is -2.15. The molecule has 0 fully saturated rings. The van der Waals surface area contributed by atoms with Crippen LogP contribution in [0, 0.1) is 0 Å². The zero-order valence-corrected chi connectivity index (χ0v) is 20.7. The number of carbonyl (C=O) groups excluding carboxylic acids is 4. The molecule has 3 amide bonds. The van der Waals surface area contributed by atoms with E-state index in [9.17, 15) is 19.2 Å². The first-order valence-corrected chi connectivity index (χ1v) is 11.6. The summed E-state index contributed by atoms with van der Waals surface area (Å²) in [7, 11) is 1.51. The Balaban J connectivity index is 1.50. The standard InChI is InChI=1S/C27H22ClN3O6/c1-3-37-27(35)17-7-5-9-19(15-17)30-24(32)16-6-4-8-18(14-16)29-23-22(28)25(33)31(26(23)34)20-10-12-21(36-2)13-11-20/h4-15,29H,3H2,1-2H3,(H,30,32). The second-order valence-corrected chi connectivity index (χ2v) is 8.17. The largest absolute Gasteiger partial charge is 0.497 e. The summed E-state index contributed by atoms with van der Waals surface area (Å²) in [6.07, 6.45) is 0. The van der Waals surface area contributed by atoms with Gasteiger partial charge in [-0.2, -0.15) is 0 Å². The second kappa shape index (κ2) is 11.0. The molecule has 9 nitrogen and oxygen atoms in total. The van der Waals surface area contributed by atoms with Crippen molar-refractivity contribution in [3.05, 3.63) is 94.7 Å². The summed E-state index contributed by atoms with van der Waals surface area (Å²) in [6.45, 7) is 1.95. The lowest BCUT2D eigenvalue weighted by Crippen LogP contribution is -2.32. The van der Waals surface area contributed by atoms with Crippen molar-refractivity contribution in [3.8, 4) is 5.75 Å². The van der Waals surface area contributed by atoms with Crippen LogP contribution in [-0.4, -0.2) is 37.4 Å². The maximum absolute atomic E-state index is 13.0. The Morgan fingerprint density at radius 2 is 1.54 bits per heavy atom. The van der Waals surface area contributed by atoms with Crippen LogP contribution in [0.3, 0.4) is 0 Å². The molecule has 0 spiro atoms. The number of hydrogen-bond acceptors (Lipinski definition) is 7. The van der Waals surface area contributed by atoms with Crippen LogP contribution in [0.25, 0.3) is 0 Å². The lowest BCUT2D eigenvalue weighted by atomic mass is 10.1. The molecule has 0 aliphatic carbocycles. The van der Waals surface area contributed by atoms with Gasteiger partial charge in [-0.1, -0.05) is 23.7 Å². The van der Waals surface area contributed by atoms with E-state index in [-0.39, 0.29) is 22.9 Å². The number of ether oxygens (including phenoxy) is 2. The van der Waals surface area contributed by atoms with E-state index in [2.05, 4.69) is 10.6 Å². The van der Waals surface area contributed by atoms with Crippen molar-refractivity contribution in [2.24, 2.45) is 0 Å². The molecule has 2 N–H and O–H groups in total. The molecule has 10 heteroatoms. The molecular weight excluding hydrogens is 498 g/mol. The smallest absolute Gasteiger partial charge is 0.338 e. The number of methoxy groups -OCH3 is 1. The Morgan fingerprint density at radius 1 is 0.892 bits per heavy atom. The van der Waals surface area contributed by atoms with Crippen molar-refractivity contribution in [2.75, 3.05) is 29.3 Å². The third-order valence-corrected chi connectivity index (χ3v) is 5.73. The van der Waals surface area contributed by atoms with Crippen LogP contribution in [0.15, 0.2) is 83.5 Å². The van der Waals surface area contributed by atoms with Crippen LogP contribution in [0.1, 0.15) is 27.6 Å². The maximum Gasteiger partial charge on any atom is 0.338 e. The molecule has 0 saturated carbocycles. The highest BCUT2D eigenvalue weighted by Gasteiger charge is 2.39. The van der Waals surface area contributed by atoms with E-state index < -0.39 is 23.7 Å². The Labute approximate surface area is 217 Å². The number of nitrogens with zero attached hydrogens (tertiary/aromatic N) is 1. The number of anilines is 3. The van der Waals surface area contributed by atoms with Gasteiger partial charge in [0.15, 0.2) is 0 Å². The van der Waals surface area contributed by atoms with Gasteiger partial charge >= 0.3 is 5.97 Å². The maximum atomic E-state index is 13.0. The molecule has 37 heavy (non-hydrogen) atoms. The minimum absolute atomic E-state index is 0.109. The molecule has 1 aliphatic heterocycles. The fraction of sp³-hybridized carbons (Fsp3) is 0.111. The van der Waals surface area contributed by atoms with Gasteiger partial charge in [0.2, 0.25) is 0 Å². The summed E-state index contributed by atoms with van der Waals surface area (Å²) in [5.74, 6) is -1.67. The molecule has 3 aromatic carbocycles. The summed E-state index contributed by atoms with van der Waals surface area (Å²) in [5.41, 5.74) is 1.59. The highest BCUT2D eigenvalue weighted by molar-refractivity contribution is 6.53. The van der Waals surface area contributed by atoms with Gasteiger partial charge in [0.1, 0.15) is 16.5 Å². The monoisotopic (exact) mass is 519 g/mol. The predicted octanol–water partition coefficient (Wildman–Crippen LogP) is 4.56. The fourth-order valence-electron chi connectivity index (χ4n) is 3.60. The SMILES string of the molecule is CCOC(=O)c1cccc(NC(=O)c2cccc(NC3=C(Cl)C(=O)N(c4ccc(OC)cc4)C3=O)c2)c1. The summed E-state index contributed by atoms with van der Waals surface area (Å²) in [4.78, 5) is 51.5. The van der Waals surface area contributed by atoms with Crippen molar-refractivity contribution < 1.29 is 28.7 Å². The average Bonchev–Trinajstić information content (AvgIpc) is 3.12. The predicted molar refractivity (Wildman–Crippen MR) is 139 cm³/mol. The normalized spacial score (nSPS) is 13.0. The van der Waals surface area contributed by atoms with Gasteiger partial charge in [-0.15, -0.1) is 0 Å². The Morgan fingerprint density at radius 3 is 2.22 bits per heavy atom. The van der Waals surface area contributed by atoms with Gasteiger partial charge < -0.3 is 20.1 Å². The summed E-state index contributed by atoms with van der Waals surface area (Å²) in [5, 5.41) is 5.32. The fourth-order valence-corrected chi connectivity index (χ4v) is 3.81. The number of hydrogen-bond donors (Lipinski definition) is 2. The molecule has 0 aromatic heterocycles. The van der Waals surface area contributed by atoms with E-state index >= 15 is 0 Å². The number of imide groups is 1. The van der Waals surface area contributed by atoms with Crippen molar-refractivity contribution in [1.82, 2.24) is 0 Å². The van der Waals surface area contributed by atoms with Crippen molar-refractivity contribution in [2.45, 2.75) is 6.92 Å². The number of amides is 3. The number of esters is 1. The average molecular weight is 520 g/mol. The van der Waals surface area contributed by atoms with Gasteiger partial charge in [-0.3, -0.25) is 14.4 Å². The van der Waals surface area contributed by atoms with Crippen LogP contribution in [0.2, 0.25) is 0 Å². The van der Waals surface area contributed by atoms with Crippen molar-refractivity contribution in [1.29, 1.82) is 0 Å². The molecule has 0 bridgehead atoms. The Kier molecular flexibility index (Phi) is 7.55. The quantitative estimate of drug-likeness (QED) is 0.331. The van der Waals surface area contributed by atoms with Crippen LogP contribution in [0.5, 0.6) is 5.75 Å². The molecule has 188 valence electrons. The molecule has 0 atom stereocenters. The van der Waals surface area contributed by atoms with Gasteiger partial charge in [-0.05, 0) is 67.6 Å². The first-order chi connectivity index (χ1) is 17.8. The third kappa shape index (κ3) is 5.46. The van der Waals surface area contributed by atoms with Crippen LogP contribution in [0.4, 0.5) is 17.1 Å². The van der Waals surface area contributed by atoms with E-state index in [1.54, 1.807) is 67.6 Å². The Hall–Kier alpha value is -4.63. The molecule has 1 heterocycles. The number of rotatable bonds is 8. The molecule has 0 unspecified atom stereocenters. The summed E-state index contributed by atoms with van der Waals surface area (Å²) >= 11 is 6.21. The topological polar surface area (TPSA) is 114 Å². The highest BCUT2D eigenvalue weighted by atomic mass is 35.5. The van der Waals surface area contributed by atoms with Gasteiger partial charge in [0.05, 0.1) is 25.0 Å². The van der Waals surface area contributed by atoms with Crippen molar-refractivity contribution >= 4 is 52.4 Å². The van der Waals surface area contributed by atoms with E-state index in [1.165, 1.54) is 19.2 Å². The zero-order valence-electron chi connectivity index (χ0n) is 19.9. The van der Waals surface area contributed by atoms with Gasteiger partial charge in [-0.25, -0.2) is 9.69 Å². The summed E-state index contributed by atoms with van der Waals surface area (Å²) < 4.78 is 10.1. The zero-order chi connectivity index (χ0) is 26.5. The molecule has 4 rings (SSSR count). The van der Waals surface area contributed by atoms with Gasteiger partial charge in [0.25, 0.3) is 17.7 Å². The van der Waals surface area contributed by atoms with Crippen LogP contribution in [-0.2, 0) is 14.3 Å². The number of carbonyl (C=O) groups is 4. The molecule has 0 saturated heterocycles. The van der Waals surface area contributed by atoms with E-state index in [0.29, 0.717) is 28.4 Å². The van der Waals surface area contributed by atoms with E-state index in [1.807, 2.05) is 0 Å². The molecule has 1 aliphatic rings. The highest BCUT2D eigenvalue weighted by Crippen LogP contribution is 2.31. The number of nitrogens with one attached hydrogen (secondary N) is 2.